The van der Waals surface area contributed by atoms with Gasteiger partial charge in [0.15, 0.2) is 0 Å². The Hall–Kier alpha value is -0.340. The molecule has 0 heterocycles. The van der Waals surface area contributed by atoms with Crippen molar-refractivity contribution in [1.82, 2.24) is 10.2 Å². The molecule has 2 heteroatoms. The first-order valence-electron chi connectivity index (χ1n) is 6.10. The minimum Gasteiger partial charge on any atom is -0.315 e. The van der Waals surface area contributed by atoms with Crippen LogP contribution >= 0.6 is 0 Å². The average molecular weight is 210 g/mol. The summed E-state index contributed by atoms with van der Waals surface area (Å²) in [6.07, 6.45) is 4.86. The van der Waals surface area contributed by atoms with E-state index in [4.69, 9.17) is 0 Å². The molecule has 1 saturated carbocycles. The Labute approximate surface area is 94.7 Å². The smallest absolute Gasteiger partial charge is 0.0166 e. The molecule has 1 rings (SSSR count). The van der Waals surface area contributed by atoms with Gasteiger partial charge in [0.25, 0.3) is 0 Å². The van der Waals surface area contributed by atoms with E-state index in [-0.39, 0.29) is 5.54 Å². The number of rotatable bonds is 7. The molecule has 1 N–H and O–H groups in total. The van der Waals surface area contributed by atoms with E-state index in [1.54, 1.807) is 0 Å². The molecule has 0 atom stereocenters. The van der Waals surface area contributed by atoms with Crippen molar-refractivity contribution >= 4 is 0 Å². The second kappa shape index (κ2) is 5.66. The standard InChI is InChI=1S/C13H26N2/c1-5-9-15(13(2,3)4)10-8-14-11-12-6-7-12/h5,12,14H,1,6-11H2,2-4H3. The van der Waals surface area contributed by atoms with Crippen molar-refractivity contribution in [2.24, 2.45) is 5.92 Å². The molecule has 0 saturated heterocycles. The monoisotopic (exact) mass is 210 g/mol. The molecule has 1 aliphatic carbocycles. The van der Waals surface area contributed by atoms with Crippen LogP contribution in [0, 0.1) is 5.92 Å². The molecular formula is C13H26N2. The summed E-state index contributed by atoms with van der Waals surface area (Å²) in [5.41, 5.74) is 0.245. The zero-order valence-corrected chi connectivity index (χ0v) is 10.6. The van der Waals surface area contributed by atoms with E-state index >= 15 is 0 Å². The van der Waals surface area contributed by atoms with Crippen LogP contribution in [0.5, 0.6) is 0 Å². The van der Waals surface area contributed by atoms with E-state index in [2.05, 4.69) is 37.6 Å². The second-order valence-electron chi connectivity index (χ2n) is 5.55. The lowest BCUT2D eigenvalue weighted by atomic mass is 10.1. The third kappa shape index (κ3) is 5.33. The SMILES string of the molecule is C=CCN(CCNCC1CC1)C(C)(C)C. The molecule has 0 aliphatic heterocycles. The molecule has 0 aromatic heterocycles. The topological polar surface area (TPSA) is 15.3 Å². The molecule has 1 aliphatic rings. The van der Waals surface area contributed by atoms with Crippen LogP contribution < -0.4 is 5.32 Å². The third-order valence-corrected chi connectivity index (χ3v) is 2.99. The van der Waals surface area contributed by atoms with Crippen molar-refractivity contribution < 1.29 is 0 Å². The van der Waals surface area contributed by atoms with Crippen LogP contribution in [0.15, 0.2) is 12.7 Å². The Morgan fingerprint density at radius 2 is 2.07 bits per heavy atom. The van der Waals surface area contributed by atoms with Crippen LogP contribution in [0.4, 0.5) is 0 Å². The van der Waals surface area contributed by atoms with E-state index < -0.39 is 0 Å². The normalized spacial score (nSPS) is 17.1. The first-order chi connectivity index (χ1) is 7.04. The molecule has 0 aromatic carbocycles. The summed E-state index contributed by atoms with van der Waals surface area (Å²) < 4.78 is 0. The summed E-state index contributed by atoms with van der Waals surface area (Å²) >= 11 is 0. The Balaban J connectivity index is 2.14. The molecule has 0 spiro atoms. The van der Waals surface area contributed by atoms with Crippen molar-refractivity contribution in [3.63, 3.8) is 0 Å². The lowest BCUT2D eigenvalue weighted by Gasteiger charge is -2.34. The highest BCUT2D eigenvalue weighted by Gasteiger charge is 2.21. The van der Waals surface area contributed by atoms with Crippen LogP contribution in [0.3, 0.4) is 0 Å². The van der Waals surface area contributed by atoms with Gasteiger partial charge in [0.05, 0.1) is 0 Å². The molecule has 0 aromatic rings. The van der Waals surface area contributed by atoms with Crippen LogP contribution in [0.2, 0.25) is 0 Å². The highest BCUT2D eigenvalue weighted by Crippen LogP contribution is 2.27. The average Bonchev–Trinajstić information content (AvgIpc) is 2.92. The number of hydrogen-bond donors (Lipinski definition) is 1. The predicted octanol–water partition coefficient (Wildman–Crippen LogP) is 2.27. The predicted molar refractivity (Wildman–Crippen MR) is 67.1 cm³/mol. The Morgan fingerprint density at radius 3 is 2.53 bits per heavy atom. The molecular weight excluding hydrogens is 184 g/mol. The second-order valence-corrected chi connectivity index (χ2v) is 5.55. The van der Waals surface area contributed by atoms with Gasteiger partial charge in [-0.2, -0.15) is 0 Å². The van der Waals surface area contributed by atoms with Gasteiger partial charge >= 0.3 is 0 Å². The van der Waals surface area contributed by atoms with Crippen LogP contribution in [-0.2, 0) is 0 Å². The van der Waals surface area contributed by atoms with Gasteiger partial charge in [-0.1, -0.05) is 6.08 Å². The summed E-state index contributed by atoms with van der Waals surface area (Å²) in [5, 5.41) is 3.53. The fourth-order valence-electron chi connectivity index (χ4n) is 1.70. The summed E-state index contributed by atoms with van der Waals surface area (Å²) in [7, 11) is 0. The fourth-order valence-corrected chi connectivity index (χ4v) is 1.70. The van der Waals surface area contributed by atoms with Crippen molar-refractivity contribution in [2.75, 3.05) is 26.2 Å². The molecule has 2 nitrogen and oxygen atoms in total. The molecule has 88 valence electrons. The number of hydrogen-bond acceptors (Lipinski definition) is 2. The maximum absolute atomic E-state index is 3.82. The lowest BCUT2D eigenvalue weighted by Crippen LogP contribution is -2.45. The quantitative estimate of drug-likeness (QED) is 0.512. The third-order valence-electron chi connectivity index (χ3n) is 2.99. The number of nitrogens with one attached hydrogen (secondary N) is 1. The van der Waals surface area contributed by atoms with Crippen molar-refractivity contribution in [3.05, 3.63) is 12.7 Å². The molecule has 15 heavy (non-hydrogen) atoms. The minimum absolute atomic E-state index is 0.245. The Morgan fingerprint density at radius 1 is 1.40 bits per heavy atom. The largest absolute Gasteiger partial charge is 0.315 e. The van der Waals surface area contributed by atoms with Crippen LogP contribution in [0.25, 0.3) is 0 Å². The van der Waals surface area contributed by atoms with Crippen molar-refractivity contribution in [1.29, 1.82) is 0 Å². The molecule has 0 bridgehead atoms. The summed E-state index contributed by atoms with van der Waals surface area (Å²) in [4.78, 5) is 2.46. The van der Waals surface area contributed by atoms with Gasteiger partial charge in [-0.3, -0.25) is 4.90 Å². The van der Waals surface area contributed by atoms with Crippen molar-refractivity contribution in [2.45, 2.75) is 39.2 Å². The summed E-state index contributed by atoms with van der Waals surface area (Å²) in [6.45, 7) is 15.0. The maximum atomic E-state index is 3.82. The highest BCUT2D eigenvalue weighted by atomic mass is 15.2. The fraction of sp³-hybridized carbons (Fsp3) is 0.846. The minimum atomic E-state index is 0.245. The lowest BCUT2D eigenvalue weighted by molar-refractivity contribution is 0.155. The van der Waals surface area contributed by atoms with Gasteiger partial charge < -0.3 is 5.32 Å². The van der Waals surface area contributed by atoms with Gasteiger partial charge in [0.2, 0.25) is 0 Å². The summed E-state index contributed by atoms with van der Waals surface area (Å²) in [5.74, 6) is 0.979. The van der Waals surface area contributed by atoms with Crippen LogP contribution in [0.1, 0.15) is 33.6 Å². The highest BCUT2D eigenvalue weighted by molar-refractivity contribution is 4.83. The zero-order valence-electron chi connectivity index (χ0n) is 10.6. The molecule has 0 radical (unpaired) electrons. The Bertz CT molecular complexity index is 189. The van der Waals surface area contributed by atoms with E-state index in [0.717, 1.165) is 25.6 Å². The maximum Gasteiger partial charge on any atom is 0.0166 e. The van der Waals surface area contributed by atoms with E-state index in [1.165, 1.54) is 19.4 Å². The molecule has 0 amide bonds. The number of nitrogens with zero attached hydrogens (tertiary/aromatic N) is 1. The molecule has 0 unspecified atom stereocenters. The van der Waals surface area contributed by atoms with Crippen LogP contribution in [-0.4, -0.2) is 36.6 Å². The summed E-state index contributed by atoms with van der Waals surface area (Å²) in [6, 6.07) is 0. The first-order valence-corrected chi connectivity index (χ1v) is 6.10. The van der Waals surface area contributed by atoms with E-state index in [0.29, 0.717) is 0 Å². The van der Waals surface area contributed by atoms with E-state index in [9.17, 15) is 0 Å². The van der Waals surface area contributed by atoms with Gasteiger partial charge in [-0.05, 0) is 46.1 Å². The van der Waals surface area contributed by atoms with E-state index in [1.807, 2.05) is 6.08 Å². The van der Waals surface area contributed by atoms with Gasteiger partial charge in [-0.25, -0.2) is 0 Å². The molecule has 1 fully saturated rings. The first kappa shape index (κ1) is 12.7. The Kier molecular flexibility index (Phi) is 4.81. The zero-order chi connectivity index (χ0) is 11.3. The van der Waals surface area contributed by atoms with Gasteiger partial charge in [0, 0.05) is 25.2 Å². The van der Waals surface area contributed by atoms with Gasteiger partial charge in [0.1, 0.15) is 0 Å². The van der Waals surface area contributed by atoms with Crippen molar-refractivity contribution in [3.8, 4) is 0 Å². The van der Waals surface area contributed by atoms with Gasteiger partial charge in [-0.15, -0.1) is 6.58 Å².